The second-order valence-electron chi connectivity index (χ2n) is 5.09. The average molecular weight is 283 g/mol. The van der Waals surface area contributed by atoms with Crippen LogP contribution in [0.25, 0.3) is 0 Å². The Kier molecular flexibility index (Phi) is 4.60. The van der Waals surface area contributed by atoms with Crippen LogP contribution >= 0.6 is 0 Å². The minimum Gasteiger partial charge on any atom is -0.324 e. The van der Waals surface area contributed by atoms with Crippen LogP contribution in [0, 0.1) is 13.8 Å². The molecule has 0 aliphatic heterocycles. The SMILES string of the molecule is CCc1cccc(C)c1NC(=O)c1ccc(NN)c(C)c1. The summed E-state index contributed by atoms with van der Waals surface area (Å²) in [7, 11) is 0. The van der Waals surface area contributed by atoms with Crippen molar-refractivity contribution in [3.63, 3.8) is 0 Å². The number of hydrogen-bond donors (Lipinski definition) is 3. The Morgan fingerprint density at radius 1 is 1.14 bits per heavy atom. The first-order chi connectivity index (χ1) is 10.1. The first-order valence-corrected chi connectivity index (χ1v) is 7.04. The van der Waals surface area contributed by atoms with Gasteiger partial charge in [0.15, 0.2) is 0 Å². The van der Waals surface area contributed by atoms with E-state index in [4.69, 9.17) is 5.84 Å². The number of nitrogen functional groups attached to an aromatic ring is 1. The second kappa shape index (κ2) is 6.41. The minimum absolute atomic E-state index is 0.106. The van der Waals surface area contributed by atoms with Crippen molar-refractivity contribution in [2.75, 3.05) is 10.7 Å². The topological polar surface area (TPSA) is 67.2 Å². The number of hydrazine groups is 1. The van der Waals surface area contributed by atoms with E-state index in [0.29, 0.717) is 5.56 Å². The fourth-order valence-electron chi connectivity index (χ4n) is 2.35. The van der Waals surface area contributed by atoms with E-state index in [9.17, 15) is 4.79 Å². The van der Waals surface area contributed by atoms with Crippen LogP contribution in [0.1, 0.15) is 34.0 Å². The number of nitrogens with one attached hydrogen (secondary N) is 2. The fraction of sp³-hybridized carbons (Fsp3) is 0.235. The molecular weight excluding hydrogens is 262 g/mol. The van der Waals surface area contributed by atoms with E-state index in [1.165, 1.54) is 0 Å². The smallest absolute Gasteiger partial charge is 0.255 e. The Bertz CT molecular complexity index is 665. The molecule has 2 rings (SSSR count). The van der Waals surface area contributed by atoms with E-state index in [1.807, 2.05) is 44.2 Å². The van der Waals surface area contributed by atoms with Crippen molar-refractivity contribution in [3.05, 3.63) is 58.7 Å². The van der Waals surface area contributed by atoms with Gasteiger partial charge in [-0.15, -0.1) is 0 Å². The summed E-state index contributed by atoms with van der Waals surface area (Å²) in [5, 5.41) is 3.02. The number of hydrogen-bond acceptors (Lipinski definition) is 3. The molecule has 2 aromatic carbocycles. The average Bonchev–Trinajstić information content (AvgIpc) is 2.49. The van der Waals surface area contributed by atoms with Gasteiger partial charge in [0.1, 0.15) is 0 Å². The number of carbonyl (C=O) groups excluding carboxylic acids is 1. The van der Waals surface area contributed by atoms with E-state index >= 15 is 0 Å². The molecule has 21 heavy (non-hydrogen) atoms. The van der Waals surface area contributed by atoms with Crippen molar-refractivity contribution in [3.8, 4) is 0 Å². The Labute approximate surface area is 125 Å². The zero-order valence-electron chi connectivity index (χ0n) is 12.7. The summed E-state index contributed by atoms with van der Waals surface area (Å²) in [6, 6.07) is 11.4. The van der Waals surface area contributed by atoms with E-state index in [2.05, 4.69) is 17.7 Å². The molecule has 0 aliphatic carbocycles. The van der Waals surface area contributed by atoms with Crippen LogP contribution in [-0.2, 0) is 6.42 Å². The molecule has 0 saturated carbocycles. The maximum Gasteiger partial charge on any atom is 0.255 e. The molecule has 0 atom stereocenters. The van der Waals surface area contributed by atoms with E-state index in [0.717, 1.165) is 34.5 Å². The van der Waals surface area contributed by atoms with Gasteiger partial charge >= 0.3 is 0 Å². The summed E-state index contributed by atoms with van der Waals surface area (Å²) in [6.45, 7) is 6.00. The molecule has 0 radical (unpaired) electrons. The summed E-state index contributed by atoms with van der Waals surface area (Å²) in [6.07, 6.45) is 0.881. The lowest BCUT2D eigenvalue weighted by Gasteiger charge is -2.14. The summed E-state index contributed by atoms with van der Waals surface area (Å²) in [5.41, 5.74) is 8.10. The lowest BCUT2D eigenvalue weighted by atomic mass is 10.0. The maximum absolute atomic E-state index is 12.4. The number of carbonyl (C=O) groups is 1. The summed E-state index contributed by atoms with van der Waals surface area (Å²) < 4.78 is 0. The highest BCUT2D eigenvalue weighted by Crippen LogP contribution is 2.22. The Morgan fingerprint density at radius 3 is 2.52 bits per heavy atom. The molecule has 4 N–H and O–H groups in total. The van der Waals surface area contributed by atoms with Crippen molar-refractivity contribution in [2.45, 2.75) is 27.2 Å². The molecule has 0 fully saturated rings. The number of amides is 1. The predicted octanol–water partition coefficient (Wildman–Crippen LogP) is 3.40. The van der Waals surface area contributed by atoms with Gasteiger partial charge in [-0.3, -0.25) is 10.6 Å². The minimum atomic E-state index is -0.106. The molecule has 0 aliphatic rings. The number of benzene rings is 2. The lowest BCUT2D eigenvalue weighted by Crippen LogP contribution is -2.15. The predicted molar refractivity (Wildman–Crippen MR) is 87.5 cm³/mol. The van der Waals surface area contributed by atoms with Gasteiger partial charge in [0, 0.05) is 11.3 Å². The number of rotatable bonds is 4. The number of aryl methyl sites for hydroxylation is 3. The monoisotopic (exact) mass is 283 g/mol. The standard InChI is InChI=1S/C17H21N3O/c1-4-13-7-5-6-11(2)16(13)19-17(21)14-8-9-15(20-18)12(3)10-14/h5-10,20H,4,18H2,1-3H3,(H,19,21). The first kappa shape index (κ1) is 15.1. The van der Waals surface area contributed by atoms with Crippen LogP contribution in [0.4, 0.5) is 11.4 Å². The van der Waals surface area contributed by atoms with E-state index in [-0.39, 0.29) is 5.91 Å². The Morgan fingerprint density at radius 2 is 1.90 bits per heavy atom. The van der Waals surface area contributed by atoms with Gasteiger partial charge in [0.05, 0.1) is 5.69 Å². The summed E-state index contributed by atoms with van der Waals surface area (Å²) >= 11 is 0. The second-order valence-corrected chi connectivity index (χ2v) is 5.09. The van der Waals surface area contributed by atoms with Gasteiger partial charge in [-0.1, -0.05) is 25.1 Å². The molecule has 0 heterocycles. The van der Waals surface area contributed by atoms with Crippen molar-refractivity contribution < 1.29 is 4.79 Å². The van der Waals surface area contributed by atoms with Crippen LogP contribution in [0.15, 0.2) is 36.4 Å². The third-order valence-corrected chi connectivity index (χ3v) is 3.62. The van der Waals surface area contributed by atoms with Gasteiger partial charge in [-0.25, -0.2) is 0 Å². The highest BCUT2D eigenvalue weighted by Gasteiger charge is 2.11. The van der Waals surface area contributed by atoms with Crippen LogP contribution in [0.2, 0.25) is 0 Å². The van der Waals surface area contributed by atoms with Crippen molar-refractivity contribution in [1.82, 2.24) is 0 Å². The van der Waals surface area contributed by atoms with Crippen molar-refractivity contribution in [2.24, 2.45) is 5.84 Å². The zero-order valence-corrected chi connectivity index (χ0v) is 12.7. The molecule has 2 aromatic rings. The quantitative estimate of drug-likeness (QED) is 0.595. The van der Waals surface area contributed by atoms with Gasteiger partial charge in [-0.2, -0.15) is 0 Å². The molecule has 4 nitrogen and oxygen atoms in total. The van der Waals surface area contributed by atoms with Crippen LogP contribution < -0.4 is 16.6 Å². The van der Waals surface area contributed by atoms with Crippen LogP contribution in [-0.4, -0.2) is 5.91 Å². The van der Waals surface area contributed by atoms with E-state index in [1.54, 1.807) is 6.07 Å². The van der Waals surface area contributed by atoms with E-state index < -0.39 is 0 Å². The molecular formula is C17H21N3O. The third kappa shape index (κ3) is 3.23. The molecule has 0 saturated heterocycles. The fourth-order valence-corrected chi connectivity index (χ4v) is 2.35. The summed E-state index contributed by atoms with van der Waals surface area (Å²) in [4.78, 5) is 12.4. The van der Waals surface area contributed by atoms with Crippen LogP contribution in [0.3, 0.4) is 0 Å². The van der Waals surface area contributed by atoms with Gasteiger partial charge in [0.2, 0.25) is 0 Å². The van der Waals surface area contributed by atoms with Crippen molar-refractivity contribution in [1.29, 1.82) is 0 Å². The molecule has 0 spiro atoms. The molecule has 110 valence electrons. The maximum atomic E-state index is 12.4. The van der Waals surface area contributed by atoms with Gasteiger partial charge < -0.3 is 10.7 Å². The highest BCUT2D eigenvalue weighted by atomic mass is 16.1. The van der Waals surface area contributed by atoms with Gasteiger partial charge in [0.25, 0.3) is 5.91 Å². The molecule has 0 bridgehead atoms. The Hall–Kier alpha value is -2.33. The van der Waals surface area contributed by atoms with Gasteiger partial charge in [-0.05, 0) is 55.2 Å². The molecule has 1 amide bonds. The largest absolute Gasteiger partial charge is 0.324 e. The highest BCUT2D eigenvalue weighted by molar-refractivity contribution is 6.05. The Balaban J connectivity index is 2.28. The number of para-hydroxylation sites is 1. The van der Waals surface area contributed by atoms with Crippen LogP contribution in [0.5, 0.6) is 0 Å². The molecule has 0 aromatic heterocycles. The number of anilines is 2. The van der Waals surface area contributed by atoms with Crippen molar-refractivity contribution >= 4 is 17.3 Å². The first-order valence-electron chi connectivity index (χ1n) is 7.04. The molecule has 4 heteroatoms. The normalized spacial score (nSPS) is 10.3. The zero-order chi connectivity index (χ0) is 15.4. The lowest BCUT2D eigenvalue weighted by molar-refractivity contribution is 0.102. The summed E-state index contributed by atoms with van der Waals surface area (Å²) in [5.74, 6) is 5.30. The number of nitrogens with two attached hydrogens (primary N) is 1. The molecule has 0 unspecified atom stereocenters. The third-order valence-electron chi connectivity index (χ3n) is 3.62.